The van der Waals surface area contributed by atoms with Gasteiger partial charge in [-0.25, -0.2) is 0 Å². The van der Waals surface area contributed by atoms with E-state index in [1.165, 1.54) is 0 Å². The summed E-state index contributed by atoms with van der Waals surface area (Å²) >= 11 is 3.26. The summed E-state index contributed by atoms with van der Waals surface area (Å²) in [5.41, 5.74) is 4.82. The van der Waals surface area contributed by atoms with Crippen molar-refractivity contribution >= 4 is 33.7 Å². The molecule has 21 heavy (non-hydrogen) atoms. The topological polar surface area (TPSA) is 84.5 Å². The number of hydrazine groups is 1. The second-order valence-corrected chi connectivity index (χ2v) is 5.19. The molecule has 0 radical (unpaired) electrons. The molecule has 1 rings (SSSR count). The molecule has 0 aromatic heterocycles. The summed E-state index contributed by atoms with van der Waals surface area (Å²) in [7, 11) is 0. The molecule has 0 spiro atoms. The monoisotopic (exact) mass is 356 g/mol. The van der Waals surface area contributed by atoms with Crippen LogP contribution in [0.5, 0.6) is 0 Å². The smallest absolute Gasteiger partial charge is 0.306 e. The Labute approximate surface area is 131 Å². The Balaban J connectivity index is 2.28. The van der Waals surface area contributed by atoms with Crippen LogP contribution in [0.4, 0.5) is 0 Å². The van der Waals surface area contributed by atoms with Crippen molar-refractivity contribution in [3.8, 4) is 0 Å². The predicted octanol–water partition coefficient (Wildman–Crippen LogP) is 1.94. The highest BCUT2D eigenvalue weighted by molar-refractivity contribution is 9.10. The van der Waals surface area contributed by atoms with Crippen molar-refractivity contribution in [2.75, 3.05) is 6.61 Å². The number of carbonyl (C=O) groups is 3. The first kappa shape index (κ1) is 17.2. The Hall–Kier alpha value is -1.89. The number of ether oxygens (including phenoxy) is 1. The minimum atomic E-state index is -0.592. The van der Waals surface area contributed by atoms with Gasteiger partial charge in [0, 0.05) is 16.5 Å². The normalized spacial score (nSPS) is 9.81. The summed E-state index contributed by atoms with van der Waals surface area (Å²) in [6, 6.07) is 6.64. The Bertz CT molecular complexity index is 502. The lowest BCUT2D eigenvalue weighted by molar-refractivity contribution is -0.148. The van der Waals surface area contributed by atoms with Gasteiger partial charge in [0.1, 0.15) is 0 Å². The first-order chi connectivity index (χ1) is 10.0. The fourth-order valence-electron chi connectivity index (χ4n) is 1.38. The molecule has 7 heteroatoms. The first-order valence-corrected chi connectivity index (χ1v) is 7.32. The molecule has 0 bridgehead atoms. The van der Waals surface area contributed by atoms with Gasteiger partial charge in [0.15, 0.2) is 6.61 Å². The standard InChI is InChI=1S/C14H17BrN2O4/c1-2-3-4-13(19)21-9-12(18)16-17-14(20)10-5-7-11(15)8-6-10/h5-8H,2-4,9H2,1H3,(H,16,18)(H,17,20). The van der Waals surface area contributed by atoms with E-state index in [-0.39, 0.29) is 6.42 Å². The van der Waals surface area contributed by atoms with Gasteiger partial charge >= 0.3 is 5.97 Å². The van der Waals surface area contributed by atoms with E-state index in [2.05, 4.69) is 26.8 Å². The number of rotatable bonds is 6. The van der Waals surface area contributed by atoms with Crippen LogP contribution in [-0.4, -0.2) is 24.4 Å². The van der Waals surface area contributed by atoms with Gasteiger partial charge in [-0.2, -0.15) is 0 Å². The summed E-state index contributed by atoms with van der Waals surface area (Å²) in [5.74, 6) is -1.47. The van der Waals surface area contributed by atoms with Gasteiger partial charge in [-0.1, -0.05) is 29.3 Å². The Morgan fingerprint density at radius 1 is 1.14 bits per heavy atom. The largest absolute Gasteiger partial charge is 0.455 e. The second-order valence-electron chi connectivity index (χ2n) is 4.27. The van der Waals surface area contributed by atoms with Crippen molar-refractivity contribution in [2.45, 2.75) is 26.2 Å². The molecule has 0 saturated carbocycles. The van der Waals surface area contributed by atoms with Gasteiger partial charge in [0.05, 0.1) is 0 Å². The average Bonchev–Trinajstić information content (AvgIpc) is 2.49. The van der Waals surface area contributed by atoms with E-state index in [4.69, 9.17) is 4.74 Å². The lowest BCUT2D eigenvalue weighted by atomic mass is 10.2. The van der Waals surface area contributed by atoms with E-state index in [1.54, 1.807) is 24.3 Å². The summed E-state index contributed by atoms with van der Waals surface area (Å²) in [6.45, 7) is 1.54. The molecule has 0 aliphatic carbocycles. The fraction of sp³-hybridized carbons (Fsp3) is 0.357. The lowest BCUT2D eigenvalue weighted by Crippen LogP contribution is -2.43. The molecule has 1 aromatic rings. The molecule has 1 aromatic carbocycles. The van der Waals surface area contributed by atoms with Crippen LogP contribution in [0.15, 0.2) is 28.7 Å². The third kappa shape index (κ3) is 6.89. The molecule has 2 N–H and O–H groups in total. The Morgan fingerprint density at radius 2 is 1.81 bits per heavy atom. The number of unbranched alkanes of at least 4 members (excludes halogenated alkanes) is 1. The second kappa shape index (κ2) is 9.12. The number of nitrogens with one attached hydrogen (secondary N) is 2. The van der Waals surface area contributed by atoms with Crippen LogP contribution < -0.4 is 10.9 Å². The van der Waals surface area contributed by atoms with Crippen LogP contribution in [-0.2, 0) is 14.3 Å². The molecule has 0 saturated heterocycles. The maximum absolute atomic E-state index is 11.7. The van der Waals surface area contributed by atoms with Gasteiger partial charge < -0.3 is 4.74 Å². The number of hydrogen-bond donors (Lipinski definition) is 2. The predicted molar refractivity (Wildman–Crippen MR) is 80.2 cm³/mol. The molecular formula is C14H17BrN2O4. The highest BCUT2D eigenvalue weighted by atomic mass is 79.9. The molecule has 114 valence electrons. The summed E-state index contributed by atoms with van der Waals surface area (Å²) in [4.78, 5) is 34.3. The molecule has 0 fully saturated rings. The SMILES string of the molecule is CCCCC(=O)OCC(=O)NNC(=O)c1ccc(Br)cc1. The van der Waals surface area contributed by atoms with Crippen molar-refractivity contribution in [3.05, 3.63) is 34.3 Å². The molecule has 6 nitrogen and oxygen atoms in total. The fourth-order valence-corrected chi connectivity index (χ4v) is 1.64. The number of amides is 2. The quantitative estimate of drug-likeness (QED) is 0.602. The lowest BCUT2D eigenvalue weighted by Gasteiger charge is -2.08. The summed E-state index contributed by atoms with van der Waals surface area (Å²) < 4.78 is 5.60. The van der Waals surface area contributed by atoms with Crippen LogP contribution >= 0.6 is 15.9 Å². The molecule has 2 amide bonds. The van der Waals surface area contributed by atoms with E-state index in [1.807, 2.05) is 6.92 Å². The van der Waals surface area contributed by atoms with Crippen LogP contribution in [0.2, 0.25) is 0 Å². The van der Waals surface area contributed by atoms with E-state index >= 15 is 0 Å². The number of hydrogen-bond acceptors (Lipinski definition) is 4. The minimum Gasteiger partial charge on any atom is -0.455 e. The molecule has 0 unspecified atom stereocenters. The number of esters is 1. The van der Waals surface area contributed by atoms with Gasteiger partial charge in [0.25, 0.3) is 11.8 Å². The van der Waals surface area contributed by atoms with Gasteiger partial charge in [-0.05, 0) is 30.7 Å². The van der Waals surface area contributed by atoms with Gasteiger partial charge in [-0.3, -0.25) is 25.2 Å². The summed E-state index contributed by atoms with van der Waals surface area (Å²) in [5, 5.41) is 0. The molecule has 0 aliphatic heterocycles. The van der Waals surface area contributed by atoms with E-state index < -0.39 is 24.4 Å². The Kier molecular flexibility index (Phi) is 7.45. The van der Waals surface area contributed by atoms with Crippen molar-refractivity contribution in [1.29, 1.82) is 0 Å². The molecular weight excluding hydrogens is 340 g/mol. The van der Waals surface area contributed by atoms with E-state index in [0.29, 0.717) is 5.56 Å². The van der Waals surface area contributed by atoms with Crippen molar-refractivity contribution in [1.82, 2.24) is 10.9 Å². The molecule has 0 aliphatic rings. The van der Waals surface area contributed by atoms with Crippen LogP contribution in [0.25, 0.3) is 0 Å². The van der Waals surface area contributed by atoms with Crippen molar-refractivity contribution in [3.63, 3.8) is 0 Å². The third-order valence-corrected chi connectivity index (χ3v) is 3.05. The highest BCUT2D eigenvalue weighted by Crippen LogP contribution is 2.10. The average molecular weight is 357 g/mol. The van der Waals surface area contributed by atoms with Crippen molar-refractivity contribution < 1.29 is 19.1 Å². The maximum Gasteiger partial charge on any atom is 0.306 e. The number of benzene rings is 1. The first-order valence-electron chi connectivity index (χ1n) is 6.53. The van der Waals surface area contributed by atoms with Crippen LogP contribution in [0, 0.1) is 0 Å². The van der Waals surface area contributed by atoms with E-state index in [0.717, 1.165) is 17.3 Å². The van der Waals surface area contributed by atoms with Crippen LogP contribution in [0.3, 0.4) is 0 Å². The van der Waals surface area contributed by atoms with Gasteiger partial charge in [0.2, 0.25) is 0 Å². The zero-order chi connectivity index (χ0) is 15.7. The van der Waals surface area contributed by atoms with Crippen molar-refractivity contribution in [2.24, 2.45) is 0 Å². The van der Waals surface area contributed by atoms with Gasteiger partial charge in [-0.15, -0.1) is 0 Å². The summed E-state index contributed by atoms with van der Waals surface area (Å²) in [6.07, 6.45) is 1.89. The molecule has 0 heterocycles. The third-order valence-electron chi connectivity index (χ3n) is 2.52. The van der Waals surface area contributed by atoms with E-state index in [9.17, 15) is 14.4 Å². The minimum absolute atomic E-state index is 0.287. The maximum atomic E-state index is 11.7. The highest BCUT2D eigenvalue weighted by Gasteiger charge is 2.09. The number of carbonyl (C=O) groups excluding carboxylic acids is 3. The number of halogens is 1. The zero-order valence-corrected chi connectivity index (χ0v) is 13.2. The zero-order valence-electron chi connectivity index (χ0n) is 11.6. The van der Waals surface area contributed by atoms with Crippen LogP contribution in [0.1, 0.15) is 36.5 Å². The molecule has 0 atom stereocenters. The Morgan fingerprint density at radius 3 is 2.43 bits per heavy atom.